The number of hydrogen-bond acceptors (Lipinski definition) is 7. The molecule has 16 aromatic rings. The minimum atomic E-state index is 0.572. The molecule has 16 rings (SSSR count). The molecule has 0 fully saturated rings. The van der Waals surface area contributed by atoms with Gasteiger partial charge in [-0.15, -0.1) is 0 Å². The number of nitrogens with zero attached hydrogens (tertiary/aromatic N) is 6. The maximum absolute atomic E-state index is 6.14. The largest absolute Gasteiger partial charge is 0.436 e. The fourth-order valence-corrected chi connectivity index (χ4v) is 11.3. The second-order valence-electron chi connectivity index (χ2n) is 19.6. The number of benzene rings is 12. The summed E-state index contributed by atoms with van der Waals surface area (Å²) in [5, 5.41) is 11.5. The Morgan fingerprint density at radius 3 is 1.32 bits per heavy atom. The summed E-state index contributed by atoms with van der Waals surface area (Å²) in [6.07, 6.45) is 0. The van der Waals surface area contributed by atoms with Crippen molar-refractivity contribution in [2.24, 2.45) is 0 Å². The van der Waals surface area contributed by atoms with Crippen molar-refractivity contribution in [3.05, 3.63) is 243 Å². The summed E-state index contributed by atoms with van der Waals surface area (Å²) in [6.45, 7) is 0. The zero-order valence-corrected chi connectivity index (χ0v) is 41.1. The Morgan fingerprint density at radius 1 is 0.286 bits per heavy atom. The topological polar surface area (TPSA) is 95.7 Å². The SMILES string of the molecule is c1ccc(-n2c3ccc4ccccc4c3c3c4ccccc4c(-c4ccc(-c5nc(-c6ccc7cc(-c8nc9ccccc9o8)ccc7c6)nc(-c6ccc7cc(-c8nc9ccccc9o8)ccc7c6)n5)cc4)cc32)cc1. The molecule has 77 heavy (non-hydrogen) atoms. The number of rotatable bonds is 7. The molecule has 12 aromatic carbocycles. The van der Waals surface area contributed by atoms with Crippen LogP contribution in [0.15, 0.2) is 251 Å². The summed E-state index contributed by atoms with van der Waals surface area (Å²) in [4.78, 5) is 25.2. The smallest absolute Gasteiger partial charge is 0.227 e. The summed E-state index contributed by atoms with van der Waals surface area (Å²) in [6, 6.07) is 84.7. The molecular weight excluding hydrogens is 945 g/mol. The van der Waals surface area contributed by atoms with E-state index < -0.39 is 0 Å². The molecule has 0 N–H and O–H groups in total. The molecule has 0 bridgehead atoms. The van der Waals surface area contributed by atoms with Gasteiger partial charge in [-0.2, -0.15) is 0 Å². The lowest BCUT2D eigenvalue weighted by Gasteiger charge is -2.13. The first-order valence-electron chi connectivity index (χ1n) is 25.7. The van der Waals surface area contributed by atoms with Crippen LogP contribution in [-0.2, 0) is 0 Å². The molecule has 0 unspecified atom stereocenters. The Bertz CT molecular complexity index is 4810. The van der Waals surface area contributed by atoms with Crippen molar-refractivity contribution < 1.29 is 8.83 Å². The maximum Gasteiger partial charge on any atom is 0.227 e. The molecule has 0 saturated carbocycles. The van der Waals surface area contributed by atoms with Crippen LogP contribution >= 0.6 is 0 Å². The van der Waals surface area contributed by atoms with Gasteiger partial charge in [0.05, 0.1) is 11.0 Å². The van der Waals surface area contributed by atoms with E-state index in [4.69, 9.17) is 33.8 Å². The second-order valence-corrected chi connectivity index (χ2v) is 19.6. The predicted molar refractivity (Wildman–Crippen MR) is 312 cm³/mol. The number of para-hydroxylation sites is 5. The fraction of sp³-hybridized carbons (Fsp3) is 0. The van der Waals surface area contributed by atoms with E-state index in [2.05, 4.69) is 199 Å². The summed E-state index contributed by atoms with van der Waals surface area (Å²) in [5.74, 6) is 2.90. The van der Waals surface area contributed by atoms with Crippen molar-refractivity contribution in [1.29, 1.82) is 0 Å². The van der Waals surface area contributed by atoms with E-state index in [1.165, 1.54) is 37.8 Å². The highest BCUT2D eigenvalue weighted by Crippen LogP contribution is 2.44. The van der Waals surface area contributed by atoms with Crippen LogP contribution in [0.3, 0.4) is 0 Å². The minimum Gasteiger partial charge on any atom is -0.436 e. The van der Waals surface area contributed by atoms with Crippen LogP contribution in [0.1, 0.15) is 0 Å². The first kappa shape index (κ1) is 42.9. The van der Waals surface area contributed by atoms with Gasteiger partial charge in [0.25, 0.3) is 0 Å². The Hall–Kier alpha value is -10.6. The molecule has 0 saturated heterocycles. The van der Waals surface area contributed by atoms with Crippen molar-refractivity contribution in [3.8, 4) is 73.9 Å². The van der Waals surface area contributed by atoms with Crippen molar-refractivity contribution >= 4 is 87.1 Å². The summed E-state index contributed by atoms with van der Waals surface area (Å²) >= 11 is 0. The number of aromatic nitrogens is 6. The van der Waals surface area contributed by atoms with Crippen molar-refractivity contribution in [1.82, 2.24) is 29.5 Å². The first-order chi connectivity index (χ1) is 38.1. The van der Waals surface area contributed by atoms with Gasteiger partial charge in [-0.05, 0) is 139 Å². The van der Waals surface area contributed by atoms with Crippen LogP contribution in [0, 0.1) is 0 Å². The second kappa shape index (κ2) is 17.0. The van der Waals surface area contributed by atoms with Gasteiger partial charge in [-0.3, -0.25) is 0 Å². The Kier molecular flexibility index (Phi) is 9.46. The van der Waals surface area contributed by atoms with Gasteiger partial charge in [0.1, 0.15) is 11.0 Å². The van der Waals surface area contributed by atoms with Crippen LogP contribution in [0.5, 0.6) is 0 Å². The van der Waals surface area contributed by atoms with Gasteiger partial charge < -0.3 is 13.4 Å². The minimum absolute atomic E-state index is 0.572. The predicted octanol–water partition coefficient (Wildman–Crippen LogP) is 17.9. The van der Waals surface area contributed by atoms with Crippen LogP contribution < -0.4 is 0 Å². The highest BCUT2D eigenvalue weighted by molar-refractivity contribution is 6.30. The first-order valence-corrected chi connectivity index (χ1v) is 25.7. The zero-order chi connectivity index (χ0) is 50.6. The molecule has 8 nitrogen and oxygen atoms in total. The van der Waals surface area contributed by atoms with Crippen LogP contribution in [-0.4, -0.2) is 29.5 Å². The summed E-state index contributed by atoms with van der Waals surface area (Å²) < 4.78 is 14.7. The highest BCUT2D eigenvalue weighted by atomic mass is 16.4. The maximum atomic E-state index is 6.14. The molecule has 0 atom stereocenters. The molecule has 0 aliphatic carbocycles. The van der Waals surface area contributed by atoms with E-state index in [-0.39, 0.29) is 0 Å². The zero-order valence-electron chi connectivity index (χ0n) is 41.1. The van der Waals surface area contributed by atoms with Gasteiger partial charge in [0.15, 0.2) is 28.6 Å². The van der Waals surface area contributed by atoms with E-state index in [0.29, 0.717) is 29.3 Å². The molecule has 0 radical (unpaired) electrons. The van der Waals surface area contributed by atoms with Crippen molar-refractivity contribution in [2.45, 2.75) is 0 Å². The Balaban J connectivity index is 0.825. The summed E-state index contributed by atoms with van der Waals surface area (Å²) in [5.41, 5.74) is 13.3. The van der Waals surface area contributed by atoms with Crippen LogP contribution in [0.2, 0.25) is 0 Å². The fourth-order valence-electron chi connectivity index (χ4n) is 11.3. The lowest BCUT2D eigenvalue weighted by Crippen LogP contribution is -2.00. The molecule has 0 spiro atoms. The average Bonchev–Trinajstić information content (AvgIpc) is 4.32. The lowest BCUT2D eigenvalue weighted by atomic mass is 9.93. The van der Waals surface area contributed by atoms with Crippen molar-refractivity contribution in [2.75, 3.05) is 0 Å². The Labute approximate surface area is 439 Å². The third kappa shape index (κ3) is 7.11. The Morgan fingerprint density at radius 2 is 0.727 bits per heavy atom. The summed E-state index contributed by atoms with van der Waals surface area (Å²) in [7, 11) is 0. The van der Waals surface area contributed by atoms with E-state index in [1.54, 1.807) is 0 Å². The number of hydrogen-bond donors (Lipinski definition) is 0. The standard InChI is InChI=1S/C69H40N6O2/c1-2-13-52(14-3-1)75-59-35-34-41-12-4-5-15-53(41)63(59)64-55-17-7-6-16-54(55)56(40-60(64)75)42-22-24-43(25-23-42)65-72-66(48-30-26-46-38-50(32-28-44(46)36-48)68-70-57-18-8-10-20-61(57)76-68)74-67(73-65)49-31-27-47-39-51(33-29-45(47)37-49)69-71-58-19-9-11-21-62(58)77-69/h1-40H. The number of fused-ring (bicyclic) bond motifs is 11. The molecule has 8 heteroatoms. The molecule has 358 valence electrons. The van der Waals surface area contributed by atoms with Crippen LogP contribution in [0.4, 0.5) is 0 Å². The molecule has 4 heterocycles. The van der Waals surface area contributed by atoms with Crippen molar-refractivity contribution in [3.63, 3.8) is 0 Å². The molecule has 0 aliphatic heterocycles. The third-order valence-electron chi connectivity index (χ3n) is 15.0. The third-order valence-corrected chi connectivity index (χ3v) is 15.0. The van der Waals surface area contributed by atoms with E-state index in [0.717, 1.165) is 93.9 Å². The van der Waals surface area contributed by atoms with Gasteiger partial charge in [-0.1, -0.05) is 158 Å². The average molecular weight is 985 g/mol. The van der Waals surface area contributed by atoms with Crippen LogP contribution in [0.25, 0.3) is 161 Å². The van der Waals surface area contributed by atoms with Gasteiger partial charge >= 0.3 is 0 Å². The van der Waals surface area contributed by atoms with E-state index in [9.17, 15) is 0 Å². The monoisotopic (exact) mass is 984 g/mol. The lowest BCUT2D eigenvalue weighted by molar-refractivity contribution is 0.619. The molecule has 4 aromatic heterocycles. The van der Waals surface area contributed by atoms with Gasteiger partial charge in [-0.25, -0.2) is 24.9 Å². The number of oxazole rings is 2. The quantitative estimate of drug-likeness (QED) is 0.157. The highest BCUT2D eigenvalue weighted by Gasteiger charge is 2.21. The van der Waals surface area contributed by atoms with E-state index >= 15 is 0 Å². The molecular formula is C69H40N6O2. The normalized spacial score (nSPS) is 11.9. The molecule has 0 amide bonds. The molecule has 0 aliphatic rings. The van der Waals surface area contributed by atoms with Gasteiger partial charge in [0.2, 0.25) is 11.8 Å². The van der Waals surface area contributed by atoms with E-state index in [1.807, 2.05) is 48.5 Å². The van der Waals surface area contributed by atoms with Gasteiger partial charge in [0, 0.05) is 44.3 Å².